The summed E-state index contributed by atoms with van der Waals surface area (Å²) in [7, 11) is 0. The summed E-state index contributed by atoms with van der Waals surface area (Å²) in [6.07, 6.45) is 0. The number of benzene rings is 4. The molecule has 0 radical (unpaired) electrons. The van der Waals surface area contributed by atoms with Crippen LogP contribution in [0.5, 0.6) is 0 Å². The fourth-order valence-corrected chi connectivity index (χ4v) is 7.13. The maximum absolute atomic E-state index is 2.37. The van der Waals surface area contributed by atoms with Gasteiger partial charge >= 0.3 is 0 Å². The van der Waals surface area contributed by atoms with Gasteiger partial charge in [0.15, 0.2) is 0 Å². The molecule has 1 heteroatoms. The lowest BCUT2D eigenvalue weighted by molar-refractivity contribution is 0.476. The number of hydrogen-bond acceptors (Lipinski definition) is 1. The van der Waals surface area contributed by atoms with Crippen molar-refractivity contribution in [3.63, 3.8) is 0 Å². The predicted molar refractivity (Wildman–Crippen MR) is 145 cm³/mol. The van der Waals surface area contributed by atoms with Crippen LogP contribution in [0, 0.1) is 11.8 Å². The van der Waals surface area contributed by atoms with Gasteiger partial charge in [0.1, 0.15) is 0 Å². The molecule has 0 saturated heterocycles. The van der Waals surface area contributed by atoms with Gasteiger partial charge in [0.25, 0.3) is 0 Å². The van der Waals surface area contributed by atoms with E-state index in [1.54, 1.807) is 0 Å². The van der Waals surface area contributed by atoms with Crippen LogP contribution in [0.25, 0.3) is 0 Å². The van der Waals surface area contributed by atoms with Crippen LogP contribution in [-0.4, -0.2) is 0 Å². The fraction of sp³-hybridized carbons (Fsp3) is 0.250. The quantitative estimate of drug-likeness (QED) is 0.258. The Morgan fingerprint density at radius 2 is 0.606 bits per heavy atom. The van der Waals surface area contributed by atoms with E-state index in [1.165, 1.54) is 22.3 Å². The molecule has 0 aliphatic rings. The van der Waals surface area contributed by atoms with Crippen LogP contribution in [0.3, 0.4) is 0 Å². The van der Waals surface area contributed by atoms with Gasteiger partial charge in [-0.25, -0.2) is 0 Å². The number of rotatable bonds is 8. The summed E-state index contributed by atoms with van der Waals surface area (Å²) in [5, 5.41) is 0. The molecule has 0 aromatic heterocycles. The first-order valence-electron chi connectivity index (χ1n) is 11.9. The van der Waals surface area contributed by atoms with Gasteiger partial charge < -0.3 is 0 Å². The van der Waals surface area contributed by atoms with Gasteiger partial charge in [0.05, 0.1) is 9.49 Å². The molecule has 0 N–H and O–H groups in total. The second-order valence-electron chi connectivity index (χ2n) is 9.35. The molecule has 0 nitrogen and oxygen atoms in total. The molecule has 4 rings (SSSR count). The van der Waals surface area contributed by atoms with Crippen molar-refractivity contribution in [2.45, 2.75) is 37.2 Å². The van der Waals surface area contributed by atoms with E-state index in [9.17, 15) is 0 Å². The summed E-state index contributed by atoms with van der Waals surface area (Å²) in [5.74, 6) is 0.746. The van der Waals surface area contributed by atoms with Gasteiger partial charge in [-0.3, -0.25) is 0 Å². The van der Waals surface area contributed by atoms with E-state index in [2.05, 4.69) is 161 Å². The van der Waals surface area contributed by atoms with Crippen molar-refractivity contribution in [2.75, 3.05) is 0 Å². The van der Waals surface area contributed by atoms with Gasteiger partial charge in [-0.05, 0) is 34.1 Å². The molecule has 0 bridgehead atoms. The molecule has 0 fully saturated rings. The van der Waals surface area contributed by atoms with Gasteiger partial charge in [-0.15, -0.1) is 11.8 Å². The second kappa shape index (κ2) is 10.0. The van der Waals surface area contributed by atoms with E-state index in [4.69, 9.17) is 0 Å². The van der Waals surface area contributed by atoms with E-state index in [1.807, 2.05) is 0 Å². The molecular formula is C32H34S. The van der Waals surface area contributed by atoms with Gasteiger partial charge in [0.2, 0.25) is 0 Å². The third kappa shape index (κ3) is 4.27. The zero-order valence-corrected chi connectivity index (χ0v) is 20.9. The monoisotopic (exact) mass is 450 g/mol. The minimum Gasteiger partial charge on any atom is -0.128 e. The number of thioether (sulfide) groups is 1. The zero-order valence-electron chi connectivity index (χ0n) is 20.1. The molecular weight excluding hydrogens is 416 g/mol. The van der Waals surface area contributed by atoms with Crippen LogP contribution < -0.4 is 0 Å². The third-order valence-electron chi connectivity index (χ3n) is 6.76. The highest BCUT2D eigenvalue weighted by Gasteiger charge is 2.49. The molecule has 4 aromatic carbocycles. The maximum atomic E-state index is 2.37. The lowest BCUT2D eigenvalue weighted by atomic mass is 9.80. The fourth-order valence-electron chi connectivity index (χ4n) is 5.14. The molecule has 0 unspecified atom stereocenters. The first-order valence-corrected chi connectivity index (χ1v) is 12.8. The standard InChI is InChI=1S/C32H34S/c1-25(2)31(27-17-9-5-10-18-27,28-19-11-6-12-20-28)33-32(26(3)4,29-21-13-7-14-22-29)30-23-15-8-16-24-30/h5-26H,1-4H3. The van der Waals surface area contributed by atoms with E-state index in [0.717, 1.165) is 0 Å². The molecule has 4 aromatic rings. The Bertz CT molecular complexity index is 944. The zero-order chi connectivity index (χ0) is 23.3. The lowest BCUT2D eigenvalue weighted by Gasteiger charge is -2.49. The van der Waals surface area contributed by atoms with Crippen molar-refractivity contribution in [1.29, 1.82) is 0 Å². The minimum atomic E-state index is -0.224. The van der Waals surface area contributed by atoms with Crippen LogP contribution in [0.15, 0.2) is 121 Å². The third-order valence-corrected chi connectivity index (χ3v) is 9.29. The lowest BCUT2D eigenvalue weighted by Crippen LogP contribution is -2.40. The Balaban J connectivity index is 2.06. The Morgan fingerprint density at radius 3 is 0.788 bits per heavy atom. The van der Waals surface area contributed by atoms with Crippen molar-refractivity contribution >= 4 is 11.8 Å². The van der Waals surface area contributed by atoms with Gasteiger partial charge in [-0.1, -0.05) is 149 Å². The minimum absolute atomic E-state index is 0.224. The van der Waals surface area contributed by atoms with Crippen LogP contribution in [0.4, 0.5) is 0 Å². The average molecular weight is 451 g/mol. The summed E-state index contributed by atoms with van der Waals surface area (Å²) in [6.45, 7) is 9.48. The Morgan fingerprint density at radius 1 is 0.394 bits per heavy atom. The van der Waals surface area contributed by atoms with Crippen molar-refractivity contribution in [3.8, 4) is 0 Å². The summed E-state index contributed by atoms with van der Waals surface area (Å²) in [4.78, 5) is 0. The second-order valence-corrected chi connectivity index (χ2v) is 10.8. The molecule has 0 saturated carbocycles. The maximum Gasteiger partial charge on any atom is 0.0692 e. The molecule has 0 amide bonds. The van der Waals surface area contributed by atoms with Crippen molar-refractivity contribution in [2.24, 2.45) is 11.8 Å². The Hall–Kier alpha value is -2.77. The summed E-state index contributed by atoms with van der Waals surface area (Å²) >= 11 is 2.11. The van der Waals surface area contributed by atoms with E-state index in [-0.39, 0.29) is 9.49 Å². The van der Waals surface area contributed by atoms with E-state index >= 15 is 0 Å². The first kappa shape index (κ1) is 23.4. The van der Waals surface area contributed by atoms with Crippen molar-refractivity contribution in [1.82, 2.24) is 0 Å². The number of hydrogen-bond donors (Lipinski definition) is 0. The summed E-state index contributed by atoms with van der Waals surface area (Å²) < 4.78 is -0.447. The topological polar surface area (TPSA) is 0 Å². The van der Waals surface area contributed by atoms with Crippen LogP contribution in [-0.2, 0) is 9.49 Å². The normalized spacial score (nSPS) is 12.3. The molecule has 168 valence electrons. The van der Waals surface area contributed by atoms with Crippen molar-refractivity contribution < 1.29 is 0 Å². The molecule has 0 aliphatic heterocycles. The molecule has 33 heavy (non-hydrogen) atoms. The smallest absolute Gasteiger partial charge is 0.0692 e. The largest absolute Gasteiger partial charge is 0.128 e. The predicted octanol–water partition coefficient (Wildman–Crippen LogP) is 8.92. The first-order chi connectivity index (χ1) is 16.0. The van der Waals surface area contributed by atoms with Crippen LogP contribution >= 0.6 is 11.8 Å². The van der Waals surface area contributed by atoms with Crippen LogP contribution in [0.1, 0.15) is 49.9 Å². The highest BCUT2D eigenvalue weighted by atomic mass is 32.2. The van der Waals surface area contributed by atoms with Gasteiger partial charge in [0, 0.05) is 0 Å². The molecule has 0 spiro atoms. The Kier molecular flexibility index (Phi) is 7.10. The highest BCUT2D eigenvalue weighted by Crippen LogP contribution is 2.61. The Labute approximate surface area is 204 Å². The summed E-state index contributed by atoms with van der Waals surface area (Å²) in [5.41, 5.74) is 5.42. The molecule has 0 aliphatic carbocycles. The average Bonchev–Trinajstić information content (AvgIpc) is 2.87. The molecule has 0 heterocycles. The van der Waals surface area contributed by atoms with E-state index < -0.39 is 0 Å². The molecule has 0 atom stereocenters. The highest BCUT2D eigenvalue weighted by molar-refractivity contribution is 8.01. The SMILES string of the molecule is CC(C)C(SC(c1ccccc1)(c1ccccc1)C(C)C)(c1ccccc1)c1ccccc1. The van der Waals surface area contributed by atoms with Crippen molar-refractivity contribution in [3.05, 3.63) is 144 Å². The summed E-state index contributed by atoms with van der Waals surface area (Å²) in [6, 6.07) is 44.4. The van der Waals surface area contributed by atoms with Crippen LogP contribution in [0.2, 0.25) is 0 Å². The van der Waals surface area contributed by atoms with Gasteiger partial charge in [-0.2, -0.15) is 0 Å². The van der Waals surface area contributed by atoms with E-state index in [0.29, 0.717) is 11.8 Å².